The van der Waals surface area contributed by atoms with E-state index in [1.54, 1.807) is 0 Å². The lowest BCUT2D eigenvalue weighted by Crippen LogP contribution is -2.44. The number of nitrogens with two attached hydrogens (primary N) is 1. The average Bonchev–Trinajstić information content (AvgIpc) is 3.55. The van der Waals surface area contributed by atoms with E-state index in [0.29, 0.717) is 24.0 Å². The Balaban J connectivity index is 1.13. The Morgan fingerprint density at radius 2 is 1.81 bits per heavy atom. The van der Waals surface area contributed by atoms with Crippen LogP contribution in [0.1, 0.15) is 80.3 Å². The minimum atomic E-state index is -0.0442. The fourth-order valence-electron chi connectivity index (χ4n) is 6.68. The monoisotopic (exact) mass is 437 g/mol. The molecule has 4 fully saturated rings. The normalized spacial score (nSPS) is 35.3. The van der Waals surface area contributed by atoms with Gasteiger partial charge in [-0.3, -0.25) is 4.90 Å². The van der Waals surface area contributed by atoms with Crippen molar-refractivity contribution in [1.82, 2.24) is 19.7 Å². The van der Waals surface area contributed by atoms with Crippen molar-refractivity contribution in [2.24, 2.45) is 11.7 Å². The van der Waals surface area contributed by atoms with Crippen molar-refractivity contribution in [2.45, 2.75) is 88.4 Å². The molecule has 0 radical (unpaired) electrons. The van der Waals surface area contributed by atoms with E-state index in [2.05, 4.69) is 56.9 Å². The highest BCUT2D eigenvalue weighted by Crippen LogP contribution is 2.45. The predicted molar refractivity (Wildman–Crippen MR) is 121 cm³/mol. The van der Waals surface area contributed by atoms with E-state index >= 15 is 0 Å². The van der Waals surface area contributed by atoms with E-state index in [1.165, 1.54) is 31.2 Å². The summed E-state index contributed by atoms with van der Waals surface area (Å²) in [6.45, 7) is 4.00. The molecule has 1 aromatic heterocycles. The number of nitrogens with zero attached hydrogens (tertiary/aromatic N) is 4. The minimum Gasteiger partial charge on any atom is -0.352 e. The molecule has 172 valence electrons. The quantitative estimate of drug-likeness (QED) is 0.743. The molecule has 0 aliphatic carbocycles. The average molecular weight is 438 g/mol. The molecule has 0 spiro atoms. The number of aryl methyl sites for hydroxylation is 1. The fourth-order valence-corrected chi connectivity index (χ4v) is 6.68. The lowest BCUT2D eigenvalue weighted by molar-refractivity contribution is -0.120. The van der Waals surface area contributed by atoms with E-state index in [9.17, 15) is 0 Å². The van der Waals surface area contributed by atoms with Gasteiger partial charge in [0.25, 0.3) is 0 Å². The standard InChI is InChI=1S/C25H35N5O2/c1-16-27-28-24(23-13-18-10-12-31-25(18)32-23)30(16)21-14-19-7-8-20(15-21)29(19)11-9-22(26)17-5-3-2-4-6-17/h2-6,18-23,25H,7-15,26H2,1H3/t18-,19?,20?,21?,22-,23-,25+/m0/s1. The van der Waals surface area contributed by atoms with Gasteiger partial charge in [0.1, 0.15) is 11.9 Å². The van der Waals surface area contributed by atoms with Crippen LogP contribution in [0.3, 0.4) is 0 Å². The summed E-state index contributed by atoms with van der Waals surface area (Å²) in [4.78, 5) is 2.74. The first kappa shape index (κ1) is 20.8. The van der Waals surface area contributed by atoms with Crippen LogP contribution in [0, 0.1) is 12.8 Å². The van der Waals surface area contributed by atoms with Crippen molar-refractivity contribution in [3.8, 4) is 0 Å². The Labute approximate surface area is 190 Å². The Morgan fingerprint density at radius 3 is 2.56 bits per heavy atom. The topological polar surface area (TPSA) is 78.4 Å². The molecule has 0 amide bonds. The van der Waals surface area contributed by atoms with E-state index in [-0.39, 0.29) is 18.4 Å². The van der Waals surface area contributed by atoms with Crippen molar-refractivity contribution < 1.29 is 9.47 Å². The Morgan fingerprint density at radius 1 is 1.03 bits per heavy atom. The van der Waals surface area contributed by atoms with Crippen LogP contribution in [0.4, 0.5) is 0 Å². The van der Waals surface area contributed by atoms with E-state index in [0.717, 1.165) is 44.1 Å². The number of rotatable bonds is 6. The van der Waals surface area contributed by atoms with Gasteiger partial charge in [-0.25, -0.2) is 0 Å². The highest BCUT2D eigenvalue weighted by Gasteiger charge is 2.45. The predicted octanol–water partition coefficient (Wildman–Crippen LogP) is 3.67. The molecule has 6 rings (SSSR count). The van der Waals surface area contributed by atoms with Crippen molar-refractivity contribution >= 4 is 0 Å². The molecular formula is C25H35N5O2. The molecule has 7 nitrogen and oxygen atoms in total. The number of fused-ring (bicyclic) bond motifs is 3. The van der Waals surface area contributed by atoms with Crippen molar-refractivity contribution in [3.63, 3.8) is 0 Å². The van der Waals surface area contributed by atoms with Crippen molar-refractivity contribution in [3.05, 3.63) is 47.5 Å². The van der Waals surface area contributed by atoms with Gasteiger partial charge >= 0.3 is 0 Å². The van der Waals surface area contributed by atoms with Gasteiger partial charge in [-0.2, -0.15) is 0 Å². The van der Waals surface area contributed by atoms with Crippen LogP contribution in [0.15, 0.2) is 30.3 Å². The van der Waals surface area contributed by atoms with Crippen molar-refractivity contribution in [1.29, 1.82) is 0 Å². The second-order valence-corrected chi connectivity index (χ2v) is 10.2. The molecule has 4 saturated heterocycles. The molecule has 2 aromatic rings. The summed E-state index contributed by atoms with van der Waals surface area (Å²) >= 11 is 0. The maximum Gasteiger partial charge on any atom is 0.162 e. The maximum absolute atomic E-state index is 6.50. The first-order valence-electron chi connectivity index (χ1n) is 12.4. The molecule has 6 atom stereocenters. The first-order valence-corrected chi connectivity index (χ1v) is 12.4. The Bertz CT molecular complexity index is 908. The number of hydrogen-bond donors (Lipinski definition) is 1. The highest BCUT2D eigenvalue weighted by molar-refractivity contribution is 5.18. The molecule has 2 N–H and O–H groups in total. The Kier molecular flexibility index (Phi) is 5.53. The lowest BCUT2D eigenvalue weighted by Gasteiger charge is -2.40. The zero-order valence-electron chi connectivity index (χ0n) is 19.0. The van der Waals surface area contributed by atoms with Crippen molar-refractivity contribution in [2.75, 3.05) is 13.2 Å². The lowest BCUT2D eigenvalue weighted by atomic mass is 9.95. The summed E-state index contributed by atoms with van der Waals surface area (Å²) in [6.07, 6.45) is 8.00. The van der Waals surface area contributed by atoms with Crippen LogP contribution in [0.2, 0.25) is 0 Å². The van der Waals surface area contributed by atoms with Gasteiger partial charge in [-0.15, -0.1) is 10.2 Å². The third-order valence-electron chi connectivity index (χ3n) is 8.30. The summed E-state index contributed by atoms with van der Waals surface area (Å²) in [7, 11) is 0. The van der Waals surface area contributed by atoms with Gasteiger partial charge in [0.2, 0.25) is 0 Å². The van der Waals surface area contributed by atoms with E-state index in [1.807, 2.05) is 0 Å². The zero-order valence-corrected chi connectivity index (χ0v) is 19.0. The molecule has 4 aliphatic heterocycles. The summed E-state index contributed by atoms with van der Waals surface area (Å²) in [6, 6.07) is 12.3. The van der Waals surface area contributed by atoms with Gasteiger partial charge in [0.05, 0.1) is 6.61 Å². The molecule has 5 heterocycles. The summed E-state index contributed by atoms with van der Waals surface area (Å²) in [5, 5.41) is 9.06. The molecule has 2 bridgehead atoms. The van der Waals surface area contributed by atoms with Crippen LogP contribution in [-0.2, 0) is 9.47 Å². The fraction of sp³-hybridized carbons (Fsp3) is 0.680. The van der Waals surface area contributed by atoms with Crippen LogP contribution >= 0.6 is 0 Å². The third-order valence-corrected chi connectivity index (χ3v) is 8.30. The largest absolute Gasteiger partial charge is 0.352 e. The zero-order chi connectivity index (χ0) is 21.7. The molecular weight excluding hydrogens is 402 g/mol. The third kappa shape index (κ3) is 3.69. The summed E-state index contributed by atoms with van der Waals surface area (Å²) in [5.74, 6) is 2.55. The van der Waals surface area contributed by atoms with E-state index in [4.69, 9.17) is 15.2 Å². The number of aromatic nitrogens is 3. The van der Waals surface area contributed by atoms with Crippen LogP contribution in [-0.4, -0.2) is 51.2 Å². The molecule has 2 unspecified atom stereocenters. The molecule has 0 saturated carbocycles. The van der Waals surface area contributed by atoms with Gasteiger partial charge in [-0.05, 0) is 57.4 Å². The second kappa shape index (κ2) is 8.52. The summed E-state index contributed by atoms with van der Waals surface area (Å²) < 4.78 is 14.4. The highest BCUT2D eigenvalue weighted by atomic mass is 16.7. The maximum atomic E-state index is 6.50. The van der Waals surface area contributed by atoms with Gasteiger partial charge in [-0.1, -0.05) is 30.3 Å². The smallest absolute Gasteiger partial charge is 0.162 e. The Hall–Kier alpha value is -1.80. The minimum absolute atomic E-state index is 0.0195. The first-order chi connectivity index (χ1) is 15.7. The van der Waals surface area contributed by atoms with Crippen LogP contribution in [0.25, 0.3) is 0 Å². The van der Waals surface area contributed by atoms with Gasteiger partial charge in [0, 0.05) is 36.6 Å². The number of hydrogen-bond acceptors (Lipinski definition) is 6. The van der Waals surface area contributed by atoms with Crippen LogP contribution < -0.4 is 5.73 Å². The molecule has 32 heavy (non-hydrogen) atoms. The molecule has 7 heteroatoms. The van der Waals surface area contributed by atoms with Gasteiger partial charge < -0.3 is 19.8 Å². The number of ether oxygens (including phenoxy) is 2. The summed E-state index contributed by atoms with van der Waals surface area (Å²) in [5.41, 5.74) is 7.75. The van der Waals surface area contributed by atoms with E-state index < -0.39 is 0 Å². The SMILES string of the molecule is Cc1nnc([C@@H]2C[C@@H]3CCO[C@@H]3O2)n1C1CC2CCC(C1)N2CC[C@H](N)c1ccccc1. The van der Waals surface area contributed by atoms with Gasteiger partial charge in [0.15, 0.2) is 12.1 Å². The number of piperidine rings is 1. The molecule has 4 aliphatic rings. The second-order valence-electron chi connectivity index (χ2n) is 10.2. The number of benzene rings is 1. The molecule has 1 aromatic carbocycles. The van der Waals surface area contributed by atoms with Crippen LogP contribution in [0.5, 0.6) is 0 Å².